The van der Waals surface area contributed by atoms with E-state index in [-0.39, 0.29) is 17.1 Å². The molecule has 88 valence electrons. The smallest absolute Gasteiger partial charge is 0.175 e. The summed E-state index contributed by atoms with van der Waals surface area (Å²) in [5.74, 6) is -0.648. The average Bonchev–Trinajstić information content (AvgIpc) is 2.29. The lowest BCUT2D eigenvalue weighted by molar-refractivity contribution is 0.0975. The predicted octanol–water partition coefficient (Wildman–Crippen LogP) is 2.02. The SMILES string of the molecule is CNCCCC(=O)c1cccc(OC)c1F. The van der Waals surface area contributed by atoms with Crippen molar-refractivity contribution >= 4 is 5.78 Å². The number of halogens is 1. The van der Waals surface area contributed by atoms with Gasteiger partial charge in [-0.2, -0.15) is 0 Å². The number of carbonyl (C=O) groups excluding carboxylic acids is 1. The predicted molar refractivity (Wildman–Crippen MR) is 60.4 cm³/mol. The van der Waals surface area contributed by atoms with Crippen molar-refractivity contribution in [2.45, 2.75) is 12.8 Å². The molecule has 0 fully saturated rings. The van der Waals surface area contributed by atoms with Crippen LogP contribution in [0.3, 0.4) is 0 Å². The van der Waals surface area contributed by atoms with Gasteiger partial charge < -0.3 is 10.1 Å². The van der Waals surface area contributed by atoms with Crippen molar-refractivity contribution in [3.63, 3.8) is 0 Å². The minimum absolute atomic E-state index is 0.107. The van der Waals surface area contributed by atoms with Gasteiger partial charge in [-0.05, 0) is 32.1 Å². The number of Topliss-reactive ketones (excluding diaryl/α,β-unsaturated/α-hetero) is 1. The second kappa shape index (κ2) is 6.23. The molecule has 0 radical (unpaired) electrons. The second-order valence-electron chi connectivity index (χ2n) is 3.45. The first kappa shape index (κ1) is 12.6. The van der Waals surface area contributed by atoms with Gasteiger partial charge >= 0.3 is 0 Å². The fourth-order valence-electron chi connectivity index (χ4n) is 1.44. The molecule has 1 aromatic carbocycles. The first-order chi connectivity index (χ1) is 7.70. The molecule has 1 N–H and O–H groups in total. The molecule has 0 amide bonds. The van der Waals surface area contributed by atoms with Gasteiger partial charge in [-0.1, -0.05) is 6.07 Å². The average molecular weight is 225 g/mol. The summed E-state index contributed by atoms with van der Waals surface area (Å²) in [6, 6.07) is 4.60. The zero-order chi connectivity index (χ0) is 12.0. The molecule has 16 heavy (non-hydrogen) atoms. The molecular weight excluding hydrogens is 209 g/mol. The Morgan fingerprint density at radius 1 is 1.50 bits per heavy atom. The van der Waals surface area contributed by atoms with E-state index in [1.54, 1.807) is 6.07 Å². The van der Waals surface area contributed by atoms with Crippen LogP contribution in [0, 0.1) is 5.82 Å². The molecule has 0 aromatic heterocycles. The minimum atomic E-state index is -0.570. The van der Waals surface area contributed by atoms with Gasteiger partial charge in [-0.3, -0.25) is 4.79 Å². The third-order valence-electron chi connectivity index (χ3n) is 2.31. The number of rotatable bonds is 6. The molecule has 0 heterocycles. The second-order valence-corrected chi connectivity index (χ2v) is 3.45. The summed E-state index contributed by atoms with van der Waals surface area (Å²) in [4.78, 5) is 11.7. The molecule has 0 atom stereocenters. The lowest BCUT2D eigenvalue weighted by Crippen LogP contribution is -2.11. The van der Waals surface area contributed by atoms with Gasteiger partial charge in [0.25, 0.3) is 0 Å². The monoisotopic (exact) mass is 225 g/mol. The van der Waals surface area contributed by atoms with Crippen molar-refractivity contribution in [1.82, 2.24) is 5.32 Å². The topological polar surface area (TPSA) is 38.3 Å². The molecule has 0 aliphatic carbocycles. The lowest BCUT2D eigenvalue weighted by atomic mass is 10.1. The molecule has 0 aliphatic heterocycles. The van der Waals surface area contributed by atoms with E-state index in [0.717, 1.165) is 6.54 Å². The van der Waals surface area contributed by atoms with E-state index in [4.69, 9.17) is 4.74 Å². The highest BCUT2D eigenvalue weighted by atomic mass is 19.1. The fourth-order valence-corrected chi connectivity index (χ4v) is 1.44. The van der Waals surface area contributed by atoms with Crippen LogP contribution in [0.1, 0.15) is 23.2 Å². The van der Waals surface area contributed by atoms with Gasteiger partial charge in [0.2, 0.25) is 0 Å². The third-order valence-corrected chi connectivity index (χ3v) is 2.31. The number of ketones is 1. The number of benzene rings is 1. The maximum absolute atomic E-state index is 13.7. The molecule has 0 saturated carbocycles. The minimum Gasteiger partial charge on any atom is -0.494 e. The van der Waals surface area contributed by atoms with E-state index < -0.39 is 5.82 Å². The maximum Gasteiger partial charge on any atom is 0.175 e. The number of carbonyl (C=O) groups is 1. The molecule has 0 unspecified atom stereocenters. The Kier molecular flexibility index (Phi) is 4.92. The Hall–Kier alpha value is -1.42. The molecule has 3 nitrogen and oxygen atoms in total. The molecule has 0 saturated heterocycles. The van der Waals surface area contributed by atoms with E-state index in [1.165, 1.54) is 19.2 Å². The van der Waals surface area contributed by atoms with Crippen molar-refractivity contribution in [1.29, 1.82) is 0 Å². The molecule has 0 bridgehead atoms. The van der Waals surface area contributed by atoms with Crippen LogP contribution in [-0.2, 0) is 0 Å². The standard InChI is InChI=1S/C12H16FNO2/c1-14-8-4-6-10(15)9-5-3-7-11(16-2)12(9)13/h3,5,7,14H,4,6,8H2,1-2H3. The summed E-state index contributed by atoms with van der Waals surface area (Å²) >= 11 is 0. The summed E-state index contributed by atoms with van der Waals surface area (Å²) < 4.78 is 18.5. The van der Waals surface area contributed by atoms with E-state index >= 15 is 0 Å². The lowest BCUT2D eigenvalue weighted by Gasteiger charge is -2.06. The van der Waals surface area contributed by atoms with Gasteiger partial charge in [0.15, 0.2) is 17.3 Å². The Bertz CT molecular complexity index is 366. The summed E-state index contributed by atoms with van der Waals surface area (Å²) in [5, 5.41) is 2.94. The highest BCUT2D eigenvalue weighted by Gasteiger charge is 2.14. The fraction of sp³-hybridized carbons (Fsp3) is 0.417. The number of nitrogens with one attached hydrogen (secondary N) is 1. The van der Waals surface area contributed by atoms with E-state index in [2.05, 4.69) is 5.32 Å². The summed E-state index contributed by atoms with van der Waals surface area (Å²) in [6.07, 6.45) is 1.04. The largest absolute Gasteiger partial charge is 0.494 e. The highest BCUT2D eigenvalue weighted by molar-refractivity contribution is 5.96. The Morgan fingerprint density at radius 3 is 2.88 bits per heavy atom. The third kappa shape index (κ3) is 3.03. The van der Waals surface area contributed by atoms with Crippen LogP contribution < -0.4 is 10.1 Å². The zero-order valence-electron chi connectivity index (χ0n) is 9.55. The zero-order valence-corrected chi connectivity index (χ0v) is 9.55. The van der Waals surface area contributed by atoms with Crippen LogP contribution in [0.4, 0.5) is 4.39 Å². The van der Waals surface area contributed by atoms with Crippen molar-refractivity contribution in [2.75, 3.05) is 20.7 Å². The summed E-state index contributed by atoms with van der Waals surface area (Å²) in [7, 11) is 3.20. The molecule has 1 aromatic rings. The summed E-state index contributed by atoms with van der Waals surface area (Å²) in [5.41, 5.74) is 0.107. The van der Waals surface area contributed by atoms with E-state index in [9.17, 15) is 9.18 Å². The quantitative estimate of drug-likeness (QED) is 0.594. The number of hydrogen-bond acceptors (Lipinski definition) is 3. The number of ether oxygens (including phenoxy) is 1. The van der Waals surface area contributed by atoms with E-state index in [1.807, 2.05) is 7.05 Å². The Labute approximate surface area is 94.6 Å². The van der Waals surface area contributed by atoms with Gasteiger partial charge in [0, 0.05) is 6.42 Å². The molecule has 0 spiro atoms. The van der Waals surface area contributed by atoms with Gasteiger partial charge in [0.1, 0.15) is 0 Å². The van der Waals surface area contributed by atoms with Crippen LogP contribution in [0.2, 0.25) is 0 Å². The number of hydrogen-bond donors (Lipinski definition) is 1. The van der Waals surface area contributed by atoms with Crippen molar-refractivity contribution in [3.8, 4) is 5.75 Å². The van der Waals surface area contributed by atoms with Crippen LogP contribution in [0.25, 0.3) is 0 Å². The maximum atomic E-state index is 13.7. The van der Waals surface area contributed by atoms with Gasteiger partial charge in [0.05, 0.1) is 12.7 Å². The van der Waals surface area contributed by atoms with Crippen LogP contribution >= 0.6 is 0 Å². The Balaban J connectivity index is 2.75. The van der Waals surface area contributed by atoms with Gasteiger partial charge in [-0.25, -0.2) is 4.39 Å². The molecule has 0 aliphatic rings. The van der Waals surface area contributed by atoms with Crippen molar-refractivity contribution in [2.24, 2.45) is 0 Å². The van der Waals surface area contributed by atoms with Crippen molar-refractivity contribution in [3.05, 3.63) is 29.6 Å². The number of methoxy groups -OCH3 is 1. The van der Waals surface area contributed by atoms with Crippen LogP contribution in [-0.4, -0.2) is 26.5 Å². The Morgan fingerprint density at radius 2 is 2.25 bits per heavy atom. The van der Waals surface area contributed by atoms with Crippen molar-refractivity contribution < 1.29 is 13.9 Å². The molecule has 4 heteroatoms. The highest BCUT2D eigenvalue weighted by Crippen LogP contribution is 2.21. The van der Waals surface area contributed by atoms with Crippen LogP contribution in [0.15, 0.2) is 18.2 Å². The van der Waals surface area contributed by atoms with Gasteiger partial charge in [-0.15, -0.1) is 0 Å². The summed E-state index contributed by atoms with van der Waals surface area (Å²) in [6.45, 7) is 0.747. The molecular formula is C12H16FNO2. The first-order valence-corrected chi connectivity index (χ1v) is 5.21. The first-order valence-electron chi connectivity index (χ1n) is 5.21. The van der Waals surface area contributed by atoms with E-state index in [0.29, 0.717) is 12.8 Å². The van der Waals surface area contributed by atoms with Crippen LogP contribution in [0.5, 0.6) is 5.75 Å². The molecule has 1 rings (SSSR count). The normalized spacial score (nSPS) is 10.2.